The minimum Gasteiger partial charge on any atom is -0.343 e. The van der Waals surface area contributed by atoms with Crippen molar-refractivity contribution in [2.75, 3.05) is 32.5 Å². The first-order valence-corrected chi connectivity index (χ1v) is 12.4. The number of halogens is 2. The van der Waals surface area contributed by atoms with Crippen LogP contribution < -0.4 is 5.32 Å². The summed E-state index contributed by atoms with van der Waals surface area (Å²) in [5.41, 5.74) is 0.332. The molecule has 0 unspecified atom stereocenters. The average Bonchev–Trinajstić information content (AvgIpc) is 3.15. The van der Waals surface area contributed by atoms with E-state index in [1.807, 2.05) is 6.92 Å². The van der Waals surface area contributed by atoms with E-state index in [0.29, 0.717) is 19.6 Å². The highest BCUT2D eigenvalue weighted by Crippen LogP contribution is 2.32. The Labute approximate surface area is 197 Å². The first-order chi connectivity index (χ1) is 15.1. The van der Waals surface area contributed by atoms with Crippen molar-refractivity contribution in [3.8, 4) is 0 Å². The van der Waals surface area contributed by atoms with Crippen molar-refractivity contribution in [3.63, 3.8) is 0 Å². The van der Waals surface area contributed by atoms with Crippen LogP contribution in [0, 0.1) is 0 Å². The van der Waals surface area contributed by atoms with Crippen LogP contribution in [0.1, 0.15) is 47.0 Å². The Balaban J connectivity index is 1.97. The summed E-state index contributed by atoms with van der Waals surface area (Å²) in [6, 6.07) is 2.43. The van der Waals surface area contributed by atoms with Gasteiger partial charge in [0, 0.05) is 33.7 Å². The number of rotatable bonds is 6. The first-order valence-electron chi connectivity index (χ1n) is 10.2. The molecule has 1 aromatic heterocycles. The highest BCUT2D eigenvalue weighted by atomic mass is 35.5. The maximum absolute atomic E-state index is 13.1. The van der Waals surface area contributed by atoms with Crippen molar-refractivity contribution in [3.05, 3.63) is 39.6 Å². The summed E-state index contributed by atoms with van der Waals surface area (Å²) in [5.74, 6) is -1.01. The van der Waals surface area contributed by atoms with Gasteiger partial charge >= 0.3 is 0 Å². The van der Waals surface area contributed by atoms with Crippen LogP contribution in [0.25, 0.3) is 0 Å². The normalized spacial score (nSPS) is 14.9. The molecule has 0 spiro atoms. The van der Waals surface area contributed by atoms with Gasteiger partial charge in [0.15, 0.2) is 0 Å². The topological polar surface area (TPSA) is 105 Å². The molecule has 2 amide bonds. The lowest BCUT2D eigenvalue weighted by atomic mass is 10.2. The fraction of sp³-hybridized carbons (Fsp3) is 0.450. The molecule has 0 bridgehead atoms. The van der Waals surface area contributed by atoms with Gasteiger partial charge in [-0.3, -0.25) is 14.3 Å². The molecule has 1 aromatic carbocycles. The number of piperidine rings is 1. The van der Waals surface area contributed by atoms with Crippen LogP contribution in [0.4, 0.5) is 5.69 Å². The van der Waals surface area contributed by atoms with E-state index in [2.05, 4.69) is 10.4 Å². The molecule has 1 saturated heterocycles. The van der Waals surface area contributed by atoms with Gasteiger partial charge in [-0.1, -0.05) is 29.6 Å². The number of hydrogen-bond donors (Lipinski definition) is 1. The Morgan fingerprint density at radius 2 is 1.78 bits per heavy atom. The fourth-order valence-electron chi connectivity index (χ4n) is 3.49. The third-order valence-electron chi connectivity index (χ3n) is 5.19. The zero-order valence-electron chi connectivity index (χ0n) is 18.1. The van der Waals surface area contributed by atoms with Crippen molar-refractivity contribution in [2.24, 2.45) is 0 Å². The van der Waals surface area contributed by atoms with Crippen LogP contribution in [-0.4, -0.2) is 66.4 Å². The maximum atomic E-state index is 13.1. The highest BCUT2D eigenvalue weighted by molar-refractivity contribution is 7.89. The van der Waals surface area contributed by atoms with E-state index < -0.39 is 15.9 Å². The summed E-state index contributed by atoms with van der Waals surface area (Å²) in [7, 11) is -0.702. The number of amides is 2. The monoisotopic (exact) mass is 501 g/mol. The molecule has 0 radical (unpaired) electrons. The zero-order chi connectivity index (χ0) is 23.6. The second kappa shape index (κ2) is 9.78. The number of hydrogen-bond acceptors (Lipinski definition) is 5. The lowest BCUT2D eigenvalue weighted by molar-refractivity contribution is 0.0816. The van der Waals surface area contributed by atoms with Crippen molar-refractivity contribution in [2.45, 2.75) is 37.6 Å². The van der Waals surface area contributed by atoms with Gasteiger partial charge < -0.3 is 10.2 Å². The van der Waals surface area contributed by atoms with E-state index >= 15 is 0 Å². The van der Waals surface area contributed by atoms with Gasteiger partial charge in [-0.15, -0.1) is 0 Å². The molecule has 1 aliphatic rings. The molecule has 1 N–H and O–H groups in total. The lowest BCUT2D eigenvalue weighted by Crippen LogP contribution is -2.35. The standard InChI is InChI=1S/C20H25Cl2N5O4S/c1-4-27-18(20(29)25(2)3)16(12-23-27)24-19(28)13-10-17(15(22)11-14(13)21)32(30,31)26-8-6-5-7-9-26/h10-12H,4-9H2,1-3H3,(H,24,28). The molecule has 0 saturated carbocycles. The fourth-order valence-corrected chi connectivity index (χ4v) is 5.84. The molecule has 174 valence electrons. The molecule has 1 fully saturated rings. The summed E-state index contributed by atoms with van der Waals surface area (Å²) in [6.07, 6.45) is 3.87. The Morgan fingerprint density at radius 1 is 1.12 bits per heavy atom. The molecule has 1 aliphatic heterocycles. The van der Waals surface area contributed by atoms with Crippen LogP contribution >= 0.6 is 23.2 Å². The van der Waals surface area contributed by atoms with E-state index in [0.717, 1.165) is 19.3 Å². The van der Waals surface area contributed by atoms with Crippen molar-refractivity contribution in [1.29, 1.82) is 0 Å². The summed E-state index contributed by atoms with van der Waals surface area (Å²) >= 11 is 12.4. The predicted octanol–water partition coefficient (Wildman–Crippen LogP) is 3.34. The van der Waals surface area contributed by atoms with E-state index in [4.69, 9.17) is 23.2 Å². The van der Waals surface area contributed by atoms with Gasteiger partial charge in [-0.2, -0.15) is 9.40 Å². The molecule has 0 aliphatic carbocycles. The van der Waals surface area contributed by atoms with Gasteiger partial charge in [0.05, 0.1) is 27.5 Å². The second-order valence-corrected chi connectivity index (χ2v) is 10.3. The largest absolute Gasteiger partial charge is 0.343 e. The third kappa shape index (κ3) is 4.78. The highest BCUT2D eigenvalue weighted by Gasteiger charge is 2.30. The summed E-state index contributed by atoms with van der Waals surface area (Å²) in [6.45, 7) is 3.04. The minimum absolute atomic E-state index is 0.00605. The van der Waals surface area contributed by atoms with Crippen LogP contribution in [-0.2, 0) is 16.6 Å². The summed E-state index contributed by atoms with van der Waals surface area (Å²) in [4.78, 5) is 26.8. The minimum atomic E-state index is -3.89. The predicted molar refractivity (Wildman–Crippen MR) is 123 cm³/mol. The molecule has 3 rings (SSSR count). The summed E-state index contributed by atoms with van der Waals surface area (Å²) in [5, 5.41) is 6.71. The number of carbonyl (C=O) groups is 2. The van der Waals surface area contributed by atoms with Gasteiger partial charge in [0.2, 0.25) is 10.0 Å². The SMILES string of the molecule is CCn1ncc(NC(=O)c2cc(S(=O)(=O)N3CCCCC3)c(Cl)cc2Cl)c1C(=O)N(C)C. The second-order valence-electron chi connectivity index (χ2n) is 7.60. The number of benzene rings is 1. The molecular weight excluding hydrogens is 477 g/mol. The molecule has 9 nitrogen and oxygen atoms in total. The van der Waals surface area contributed by atoms with Crippen molar-refractivity contribution in [1.82, 2.24) is 19.0 Å². The van der Waals surface area contributed by atoms with E-state index in [1.165, 1.54) is 32.2 Å². The number of aromatic nitrogens is 2. The molecule has 2 heterocycles. The number of nitrogens with zero attached hydrogens (tertiary/aromatic N) is 4. The Morgan fingerprint density at radius 3 is 2.38 bits per heavy atom. The van der Waals surface area contributed by atoms with Crippen LogP contribution in [0.2, 0.25) is 10.0 Å². The van der Waals surface area contributed by atoms with Crippen molar-refractivity contribution < 1.29 is 18.0 Å². The van der Waals surface area contributed by atoms with Gasteiger partial charge in [-0.25, -0.2) is 8.42 Å². The molecular formula is C20H25Cl2N5O4S. The van der Waals surface area contributed by atoms with Crippen molar-refractivity contribution >= 4 is 50.7 Å². The number of aryl methyl sites for hydroxylation is 1. The Hall–Kier alpha value is -2.14. The quantitative estimate of drug-likeness (QED) is 0.653. The van der Waals surface area contributed by atoms with Crippen LogP contribution in [0.5, 0.6) is 0 Å². The number of sulfonamides is 1. The van der Waals surface area contributed by atoms with E-state index in [9.17, 15) is 18.0 Å². The number of anilines is 1. The first kappa shape index (κ1) is 24.5. The average molecular weight is 502 g/mol. The molecule has 2 aromatic rings. The van der Waals surface area contributed by atoms with Gasteiger partial charge in [0.1, 0.15) is 10.6 Å². The number of nitrogens with one attached hydrogen (secondary N) is 1. The van der Waals surface area contributed by atoms with Gasteiger partial charge in [-0.05, 0) is 31.9 Å². The molecule has 0 atom stereocenters. The van der Waals surface area contributed by atoms with E-state index in [1.54, 1.807) is 14.1 Å². The zero-order valence-corrected chi connectivity index (χ0v) is 20.4. The maximum Gasteiger partial charge on any atom is 0.273 e. The lowest BCUT2D eigenvalue weighted by Gasteiger charge is -2.26. The third-order valence-corrected chi connectivity index (χ3v) is 7.87. The van der Waals surface area contributed by atoms with Crippen LogP contribution in [0.15, 0.2) is 23.2 Å². The molecule has 32 heavy (non-hydrogen) atoms. The van der Waals surface area contributed by atoms with E-state index in [-0.39, 0.29) is 37.8 Å². The number of carbonyl (C=O) groups excluding carboxylic acids is 2. The Kier molecular flexibility index (Phi) is 7.49. The van der Waals surface area contributed by atoms with Gasteiger partial charge in [0.25, 0.3) is 11.8 Å². The van der Waals surface area contributed by atoms with Crippen LogP contribution in [0.3, 0.4) is 0 Å². The smallest absolute Gasteiger partial charge is 0.273 e. The Bertz CT molecular complexity index is 1140. The molecule has 12 heteroatoms. The summed E-state index contributed by atoms with van der Waals surface area (Å²) < 4.78 is 29.1.